The number of thioether (sulfide) groups is 1. The van der Waals surface area contributed by atoms with Crippen LogP contribution in [-0.4, -0.2) is 15.5 Å². The quantitative estimate of drug-likeness (QED) is 0.503. The first kappa shape index (κ1) is 13.6. The molecule has 0 radical (unpaired) electrons. The first-order chi connectivity index (χ1) is 8.69. The van der Waals surface area contributed by atoms with E-state index in [0.29, 0.717) is 0 Å². The average molecular weight is 327 g/mol. The number of benzene rings is 1. The molecule has 0 fully saturated rings. The lowest BCUT2D eigenvalue weighted by Gasteiger charge is -2.13. The molecule has 0 spiro atoms. The number of rotatable bonds is 5. The van der Waals surface area contributed by atoms with Crippen molar-refractivity contribution in [1.82, 2.24) is 15.2 Å². The van der Waals surface area contributed by atoms with Gasteiger partial charge in [0, 0.05) is 33.9 Å². The Morgan fingerprint density at radius 3 is 2.72 bits per heavy atom. The molecule has 6 heteroatoms. The number of halogens is 1. The summed E-state index contributed by atoms with van der Waals surface area (Å²) in [5, 5.41) is 4.16. The standard InChI is InChI=1S/C12H15BrN4S/c1-17-7-9(6-15-17)12(16-14)8-18-11-4-2-10(13)3-5-11/h2-7,12,16H,8,14H2,1H3. The minimum atomic E-state index is 0.104. The molecule has 0 amide bonds. The number of hydrazine groups is 1. The summed E-state index contributed by atoms with van der Waals surface area (Å²) in [5.41, 5.74) is 3.93. The smallest absolute Gasteiger partial charge is 0.0584 e. The van der Waals surface area contributed by atoms with Crippen LogP contribution in [0.1, 0.15) is 11.6 Å². The molecule has 4 nitrogen and oxygen atoms in total. The van der Waals surface area contributed by atoms with Crippen molar-refractivity contribution in [2.45, 2.75) is 10.9 Å². The number of aromatic nitrogens is 2. The van der Waals surface area contributed by atoms with Gasteiger partial charge in [0.25, 0.3) is 0 Å². The number of aryl methyl sites for hydroxylation is 1. The molecule has 2 aromatic rings. The van der Waals surface area contributed by atoms with E-state index < -0.39 is 0 Å². The molecule has 1 aromatic carbocycles. The Labute approximate surface area is 119 Å². The molecule has 1 atom stereocenters. The summed E-state index contributed by atoms with van der Waals surface area (Å²) in [6.45, 7) is 0. The van der Waals surface area contributed by atoms with Crippen LogP contribution in [0.15, 0.2) is 46.0 Å². The van der Waals surface area contributed by atoms with Gasteiger partial charge in [-0.1, -0.05) is 15.9 Å². The Hall–Kier alpha value is -0.820. The minimum Gasteiger partial charge on any atom is -0.275 e. The summed E-state index contributed by atoms with van der Waals surface area (Å²) in [6.07, 6.45) is 3.82. The van der Waals surface area contributed by atoms with Gasteiger partial charge in [0.05, 0.1) is 12.2 Å². The number of hydrogen-bond donors (Lipinski definition) is 2. The summed E-state index contributed by atoms with van der Waals surface area (Å²) in [5.74, 6) is 6.46. The van der Waals surface area contributed by atoms with Gasteiger partial charge in [-0.2, -0.15) is 5.10 Å². The van der Waals surface area contributed by atoms with E-state index in [1.165, 1.54) is 4.90 Å². The van der Waals surface area contributed by atoms with E-state index in [-0.39, 0.29) is 6.04 Å². The highest BCUT2D eigenvalue weighted by molar-refractivity contribution is 9.10. The SMILES string of the molecule is Cn1cc(C(CSc2ccc(Br)cc2)NN)cn1. The molecule has 0 saturated carbocycles. The molecule has 0 aliphatic heterocycles. The molecule has 0 aliphatic carbocycles. The lowest BCUT2D eigenvalue weighted by molar-refractivity contribution is 0.610. The van der Waals surface area contributed by atoms with E-state index in [1.807, 2.05) is 31.6 Å². The van der Waals surface area contributed by atoms with Crippen LogP contribution in [0.2, 0.25) is 0 Å². The van der Waals surface area contributed by atoms with E-state index >= 15 is 0 Å². The fraction of sp³-hybridized carbons (Fsp3) is 0.250. The fourth-order valence-corrected chi connectivity index (χ4v) is 2.81. The van der Waals surface area contributed by atoms with Gasteiger partial charge in [-0.05, 0) is 24.3 Å². The van der Waals surface area contributed by atoms with E-state index in [1.54, 1.807) is 16.4 Å². The molecular formula is C12H15BrN4S. The third kappa shape index (κ3) is 3.58. The molecule has 0 aliphatic rings. The predicted molar refractivity (Wildman–Crippen MR) is 78.1 cm³/mol. The van der Waals surface area contributed by atoms with Gasteiger partial charge in [-0.25, -0.2) is 0 Å². The Morgan fingerprint density at radius 1 is 1.44 bits per heavy atom. The van der Waals surface area contributed by atoms with Gasteiger partial charge < -0.3 is 0 Å². The van der Waals surface area contributed by atoms with Crippen molar-refractivity contribution < 1.29 is 0 Å². The Bertz CT molecular complexity index is 497. The van der Waals surface area contributed by atoms with E-state index in [4.69, 9.17) is 5.84 Å². The Morgan fingerprint density at radius 2 is 2.17 bits per heavy atom. The van der Waals surface area contributed by atoms with Crippen LogP contribution < -0.4 is 11.3 Å². The van der Waals surface area contributed by atoms with Crippen LogP contribution >= 0.6 is 27.7 Å². The van der Waals surface area contributed by atoms with Crippen molar-refractivity contribution in [2.75, 3.05) is 5.75 Å². The van der Waals surface area contributed by atoms with Gasteiger partial charge in [0.1, 0.15) is 0 Å². The number of nitrogens with two attached hydrogens (primary N) is 1. The van der Waals surface area contributed by atoms with Crippen LogP contribution in [0.3, 0.4) is 0 Å². The zero-order chi connectivity index (χ0) is 13.0. The third-order valence-electron chi connectivity index (χ3n) is 2.56. The van der Waals surface area contributed by atoms with Gasteiger partial charge in [0.15, 0.2) is 0 Å². The number of nitrogens with one attached hydrogen (secondary N) is 1. The van der Waals surface area contributed by atoms with Gasteiger partial charge in [0.2, 0.25) is 0 Å². The normalized spacial score (nSPS) is 12.6. The third-order valence-corrected chi connectivity index (χ3v) is 4.19. The summed E-state index contributed by atoms with van der Waals surface area (Å²) in [4.78, 5) is 1.22. The van der Waals surface area contributed by atoms with Crippen LogP contribution in [-0.2, 0) is 7.05 Å². The molecule has 2 rings (SSSR count). The first-order valence-electron chi connectivity index (χ1n) is 5.52. The van der Waals surface area contributed by atoms with Crippen molar-refractivity contribution >= 4 is 27.7 Å². The largest absolute Gasteiger partial charge is 0.275 e. The van der Waals surface area contributed by atoms with Crippen LogP contribution in [0.25, 0.3) is 0 Å². The second-order valence-corrected chi connectivity index (χ2v) is 5.94. The highest BCUT2D eigenvalue weighted by Gasteiger charge is 2.11. The number of hydrogen-bond acceptors (Lipinski definition) is 4. The lowest BCUT2D eigenvalue weighted by atomic mass is 10.2. The molecule has 96 valence electrons. The predicted octanol–water partition coefficient (Wildman–Crippen LogP) is 2.48. The highest BCUT2D eigenvalue weighted by Crippen LogP contribution is 2.25. The van der Waals surface area contributed by atoms with Crippen molar-refractivity contribution in [2.24, 2.45) is 12.9 Å². The first-order valence-corrected chi connectivity index (χ1v) is 7.30. The topological polar surface area (TPSA) is 55.9 Å². The van der Waals surface area contributed by atoms with E-state index in [9.17, 15) is 0 Å². The summed E-state index contributed by atoms with van der Waals surface area (Å²) >= 11 is 5.19. The fourth-order valence-electron chi connectivity index (χ4n) is 1.57. The Balaban J connectivity index is 1.97. The molecule has 1 aromatic heterocycles. The molecule has 3 N–H and O–H groups in total. The van der Waals surface area contributed by atoms with Crippen LogP contribution in [0, 0.1) is 0 Å². The van der Waals surface area contributed by atoms with Gasteiger partial charge in [-0.3, -0.25) is 16.0 Å². The zero-order valence-electron chi connectivity index (χ0n) is 10.0. The summed E-state index contributed by atoms with van der Waals surface area (Å²) in [6, 6.07) is 8.36. The lowest BCUT2D eigenvalue weighted by Crippen LogP contribution is -2.29. The molecular weight excluding hydrogens is 312 g/mol. The molecule has 0 saturated heterocycles. The van der Waals surface area contributed by atoms with Crippen molar-refractivity contribution in [1.29, 1.82) is 0 Å². The van der Waals surface area contributed by atoms with Crippen LogP contribution in [0.4, 0.5) is 0 Å². The van der Waals surface area contributed by atoms with Crippen molar-refractivity contribution in [3.8, 4) is 0 Å². The van der Waals surface area contributed by atoms with E-state index in [2.05, 4.69) is 38.6 Å². The van der Waals surface area contributed by atoms with Crippen molar-refractivity contribution in [3.05, 3.63) is 46.7 Å². The molecule has 1 heterocycles. The monoisotopic (exact) mass is 326 g/mol. The highest BCUT2D eigenvalue weighted by atomic mass is 79.9. The van der Waals surface area contributed by atoms with Gasteiger partial charge in [-0.15, -0.1) is 11.8 Å². The summed E-state index contributed by atoms with van der Waals surface area (Å²) in [7, 11) is 1.90. The number of nitrogens with zero attached hydrogens (tertiary/aromatic N) is 2. The molecule has 0 bridgehead atoms. The van der Waals surface area contributed by atoms with Crippen molar-refractivity contribution in [3.63, 3.8) is 0 Å². The Kier molecular flexibility index (Phi) is 4.82. The average Bonchev–Trinajstić information content (AvgIpc) is 2.79. The molecule has 1 unspecified atom stereocenters. The maximum absolute atomic E-state index is 5.59. The molecule has 18 heavy (non-hydrogen) atoms. The van der Waals surface area contributed by atoms with Crippen LogP contribution in [0.5, 0.6) is 0 Å². The van der Waals surface area contributed by atoms with E-state index in [0.717, 1.165) is 15.8 Å². The zero-order valence-corrected chi connectivity index (χ0v) is 12.4. The maximum Gasteiger partial charge on any atom is 0.0584 e. The summed E-state index contributed by atoms with van der Waals surface area (Å²) < 4.78 is 2.87. The minimum absolute atomic E-state index is 0.104. The second kappa shape index (κ2) is 6.38. The van der Waals surface area contributed by atoms with Gasteiger partial charge >= 0.3 is 0 Å². The maximum atomic E-state index is 5.59. The second-order valence-electron chi connectivity index (χ2n) is 3.93.